The first-order valence-corrected chi connectivity index (χ1v) is 12.5. The number of halogens is 4. The summed E-state index contributed by atoms with van der Waals surface area (Å²) in [5.74, 6) is -4.78. The Labute approximate surface area is 233 Å². The molecule has 2 aromatic carbocycles. The summed E-state index contributed by atoms with van der Waals surface area (Å²) in [6, 6.07) is 4.04. The highest BCUT2D eigenvalue weighted by Crippen LogP contribution is 2.52. The molecule has 0 bridgehead atoms. The molecule has 42 heavy (non-hydrogen) atoms. The number of phenols is 2. The fraction of sp³-hybridized carbons (Fsp3) is 0.444. The van der Waals surface area contributed by atoms with Crippen LogP contribution in [0.15, 0.2) is 18.2 Å². The van der Waals surface area contributed by atoms with Gasteiger partial charge in [0, 0.05) is 29.5 Å². The number of phenolic OH excluding ortho intramolecular Hbond substituents is 2. The van der Waals surface area contributed by atoms with Crippen LogP contribution in [0.3, 0.4) is 0 Å². The standard InChI is InChI=1S/C27H24F4O11/c1-8(32)26(39)6-10-14(12(7-26)41-25-17(28)22(37)23(38)24(42-25)27(29,30)31)21(36)16-15(19(10)34)18(33)9-4-3-5-11(40-2)13(9)20(16)35/h3-5,12,17,22-25,34,36-39H,6-7H2,1-2H3/t12-,17+,22-,23-,24+,25+,26-/m0/s1. The molecule has 1 saturated heterocycles. The second-order valence-corrected chi connectivity index (χ2v) is 10.4. The van der Waals surface area contributed by atoms with Gasteiger partial charge in [0.15, 0.2) is 30.1 Å². The van der Waals surface area contributed by atoms with Gasteiger partial charge in [-0.25, -0.2) is 4.39 Å². The van der Waals surface area contributed by atoms with Crippen LogP contribution in [-0.4, -0.2) is 92.5 Å². The quantitative estimate of drug-likeness (QED) is 0.217. The minimum Gasteiger partial charge on any atom is -0.507 e. The van der Waals surface area contributed by atoms with Crippen molar-refractivity contribution in [1.82, 2.24) is 0 Å². The molecule has 1 aliphatic heterocycles. The van der Waals surface area contributed by atoms with Gasteiger partial charge in [-0.1, -0.05) is 12.1 Å². The van der Waals surface area contributed by atoms with Crippen LogP contribution in [0.25, 0.3) is 0 Å². The van der Waals surface area contributed by atoms with Crippen LogP contribution in [0, 0.1) is 0 Å². The van der Waals surface area contributed by atoms with Gasteiger partial charge in [-0.15, -0.1) is 0 Å². The number of ketones is 3. The molecule has 0 radical (unpaired) electrons. The number of ether oxygens (including phenoxy) is 3. The number of rotatable bonds is 4. The minimum atomic E-state index is -5.29. The van der Waals surface area contributed by atoms with E-state index in [1.807, 2.05) is 0 Å². The van der Waals surface area contributed by atoms with E-state index in [4.69, 9.17) is 9.47 Å². The van der Waals surface area contributed by atoms with Crippen molar-refractivity contribution in [3.05, 3.63) is 51.6 Å². The SMILES string of the molecule is COc1cccc2c1C(=O)c1c(O)c3c(c(O)c1C2=O)C[C@@](O)(C(C)=O)C[C@@H]3O[C@@H]1O[C@@H](C(F)(F)F)[C@@H](O)[C@@H](O)[C@H]1F. The molecule has 11 nitrogen and oxygen atoms in total. The Morgan fingerprint density at radius 3 is 2.29 bits per heavy atom. The zero-order valence-electron chi connectivity index (χ0n) is 21.8. The Bertz CT molecular complexity index is 1510. The number of hydrogen-bond donors (Lipinski definition) is 5. The fourth-order valence-corrected chi connectivity index (χ4v) is 5.67. The van der Waals surface area contributed by atoms with Crippen LogP contribution in [0.4, 0.5) is 17.6 Å². The van der Waals surface area contributed by atoms with E-state index in [9.17, 15) is 57.5 Å². The highest BCUT2D eigenvalue weighted by molar-refractivity contribution is 6.31. The molecule has 0 unspecified atom stereocenters. The lowest BCUT2D eigenvalue weighted by atomic mass is 9.72. The highest BCUT2D eigenvalue weighted by atomic mass is 19.4. The van der Waals surface area contributed by atoms with Gasteiger partial charge in [0.05, 0.1) is 29.9 Å². The predicted octanol–water partition coefficient (Wildman–Crippen LogP) is 1.55. The summed E-state index contributed by atoms with van der Waals surface area (Å²) < 4.78 is 70.5. The third-order valence-corrected chi connectivity index (χ3v) is 7.88. The molecule has 2 aromatic rings. The smallest absolute Gasteiger partial charge is 0.417 e. The van der Waals surface area contributed by atoms with Crippen molar-refractivity contribution in [3.8, 4) is 17.2 Å². The highest BCUT2D eigenvalue weighted by Gasteiger charge is 2.57. The first-order chi connectivity index (χ1) is 19.5. The lowest BCUT2D eigenvalue weighted by molar-refractivity contribution is -0.353. The monoisotopic (exact) mass is 600 g/mol. The number of aliphatic hydroxyl groups is 3. The van der Waals surface area contributed by atoms with E-state index in [-0.39, 0.29) is 16.9 Å². The number of fused-ring (bicyclic) bond motifs is 3. The summed E-state index contributed by atoms with van der Waals surface area (Å²) in [6.07, 6.45) is -22.6. The maximum atomic E-state index is 15.0. The molecular weight excluding hydrogens is 576 g/mol. The molecule has 1 fully saturated rings. The number of aromatic hydroxyl groups is 2. The predicted molar refractivity (Wildman–Crippen MR) is 129 cm³/mol. The van der Waals surface area contributed by atoms with Crippen LogP contribution in [0.5, 0.6) is 17.2 Å². The molecule has 0 aromatic heterocycles. The number of aliphatic hydroxyl groups excluding tert-OH is 2. The van der Waals surface area contributed by atoms with Gasteiger partial charge < -0.3 is 39.7 Å². The molecule has 2 aliphatic carbocycles. The number of alkyl halides is 4. The first-order valence-electron chi connectivity index (χ1n) is 12.5. The summed E-state index contributed by atoms with van der Waals surface area (Å²) in [7, 11) is 1.22. The Morgan fingerprint density at radius 1 is 1.05 bits per heavy atom. The first kappa shape index (κ1) is 29.8. The number of hydrogen-bond acceptors (Lipinski definition) is 11. The molecule has 5 rings (SSSR count). The molecular formula is C27H24F4O11. The maximum Gasteiger partial charge on any atom is 0.417 e. The number of methoxy groups -OCH3 is 1. The second kappa shape index (κ2) is 9.98. The van der Waals surface area contributed by atoms with Crippen molar-refractivity contribution in [3.63, 3.8) is 0 Å². The summed E-state index contributed by atoms with van der Waals surface area (Å²) in [5.41, 5.74) is -5.24. The average molecular weight is 600 g/mol. The number of carbonyl (C=O) groups excluding carboxylic acids is 3. The molecule has 7 atom stereocenters. The number of Topliss-reactive ketones (excluding diaryl/α,β-unsaturated/α-hetero) is 1. The fourth-order valence-electron chi connectivity index (χ4n) is 5.67. The topological polar surface area (TPSA) is 180 Å². The van der Waals surface area contributed by atoms with E-state index in [0.717, 1.165) is 6.92 Å². The van der Waals surface area contributed by atoms with Crippen LogP contribution in [0.1, 0.15) is 62.4 Å². The Balaban J connectivity index is 1.68. The normalized spacial score (nSPS) is 30.8. The molecule has 0 amide bonds. The Morgan fingerprint density at radius 2 is 1.69 bits per heavy atom. The van der Waals surface area contributed by atoms with Gasteiger partial charge in [0.2, 0.25) is 5.78 Å². The Kier molecular flexibility index (Phi) is 7.09. The number of carbonyl (C=O) groups is 3. The van der Waals surface area contributed by atoms with Crippen molar-refractivity contribution < 1.29 is 71.7 Å². The van der Waals surface area contributed by atoms with Crippen LogP contribution in [0.2, 0.25) is 0 Å². The van der Waals surface area contributed by atoms with E-state index in [0.29, 0.717) is 0 Å². The third-order valence-electron chi connectivity index (χ3n) is 7.88. The molecule has 0 spiro atoms. The number of benzene rings is 2. The van der Waals surface area contributed by atoms with Gasteiger partial charge >= 0.3 is 6.18 Å². The van der Waals surface area contributed by atoms with Gasteiger partial charge in [-0.2, -0.15) is 13.2 Å². The van der Waals surface area contributed by atoms with Crippen molar-refractivity contribution in [2.24, 2.45) is 0 Å². The van der Waals surface area contributed by atoms with Gasteiger partial charge in [0.25, 0.3) is 0 Å². The Hall–Kier alpha value is -3.63. The van der Waals surface area contributed by atoms with Crippen LogP contribution in [-0.2, 0) is 20.7 Å². The molecule has 3 aliphatic rings. The van der Waals surface area contributed by atoms with Gasteiger partial charge in [-0.3, -0.25) is 14.4 Å². The summed E-state index contributed by atoms with van der Waals surface area (Å²) in [6.45, 7) is 0.948. The van der Waals surface area contributed by atoms with Gasteiger partial charge in [-0.05, 0) is 13.0 Å². The van der Waals surface area contributed by atoms with Crippen molar-refractivity contribution in [2.45, 2.75) is 68.4 Å². The van der Waals surface area contributed by atoms with E-state index in [2.05, 4.69) is 4.74 Å². The van der Waals surface area contributed by atoms with Crippen molar-refractivity contribution in [1.29, 1.82) is 0 Å². The maximum absolute atomic E-state index is 15.0. The average Bonchev–Trinajstić information content (AvgIpc) is 2.92. The molecule has 226 valence electrons. The third kappa shape index (κ3) is 4.34. The van der Waals surface area contributed by atoms with E-state index < -0.39 is 113 Å². The molecule has 1 heterocycles. The van der Waals surface area contributed by atoms with Gasteiger partial charge in [0.1, 0.15) is 35.1 Å². The molecule has 0 saturated carbocycles. The zero-order valence-corrected chi connectivity index (χ0v) is 21.8. The lowest BCUT2D eigenvalue weighted by Crippen LogP contribution is -2.61. The minimum absolute atomic E-state index is 0.0477. The molecule has 5 N–H and O–H groups in total. The summed E-state index contributed by atoms with van der Waals surface area (Å²) >= 11 is 0. The van der Waals surface area contributed by atoms with E-state index >= 15 is 0 Å². The summed E-state index contributed by atoms with van der Waals surface area (Å²) in [5, 5.41) is 53.4. The lowest BCUT2D eigenvalue weighted by Gasteiger charge is -2.43. The van der Waals surface area contributed by atoms with Crippen LogP contribution >= 0.6 is 0 Å². The largest absolute Gasteiger partial charge is 0.507 e. The second-order valence-electron chi connectivity index (χ2n) is 10.4. The molecule has 15 heteroatoms. The zero-order chi connectivity index (χ0) is 31.0. The van der Waals surface area contributed by atoms with Crippen molar-refractivity contribution in [2.75, 3.05) is 7.11 Å². The van der Waals surface area contributed by atoms with Crippen LogP contribution < -0.4 is 4.74 Å². The van der Waals surface area contributed by atoms with E-state index in [1.165, 1.54) is 25.3 Å². The summed E-state index contributed by atoms with van der Waals surface area (Å²) in [4.78, 5) is 39.5. The van der Waals surface area contributed by atoms with E-state index in [1.54, 1.807) is 0 Å². The van der Waals surface area contributed by atoms with Crippen molar-refractivity contribution >= 4 is 17.3 Å².